The number of hydrogen-bond acceptors (Lipinski definition) is 2. The third-order valence-corrected chi connectivity index (χ3v) is 5.71. The second-order valence-corrected chi connectivity index (χ2v) is 7.14. The first-order chi connectivity index (χ1) is 10.2. The van der Waals surface area contributed by atoms with E-state index in [9.17, 15) is 0 Å². The molecule has 2 aliphatic heterocycles. The molecule has 0 aliphatic carbocycles. The molecule has 21 heavy (non-hydrogen) atoms. The molecule has 2 saturated heterocycles. The number of piperidine rings is 1. The first-order valence-electron chi connectivity index (χ1n) is 8.68. The molecular weight excluding hydrogens is 256 g/mol. The van der Waals surface area contributed by atoms with Crippen LogP contribution in [-0.2, 0) is 6.42 Å². The first-order valence-corrected chi connectivity index (χ1v) is 8.68. The summed E-state index contributed by atoms with van der Waals surface area (Å²) in [5.41, 5.74) is 2.87. The smallest absolute Gasteiger partial charge is 0.0137 e. The molecule has 1 N–H and O–H groups in total. The average Bonchev–Trinajstić information content (AvgIpc) is 2.69. The van der Waals surface area contributed by atoms with E-state index in [0.717, 1.165) is 24.5 Å². The summed E-state index contributed by atoms with van der Waals surface area (Å²) in [4.78, 5) is 2.65. The van der Waals surface area contributed by atoms with E-state index < -0.39 is 0 Å². The van der Waals surface area contributed by atoms with Crippen LogP contribution < -0.4 is 5.32 Å². The number of nitrogens with zero attached hydrogens (tertiary/aromatic N) is 1. The van der Waals surface area contributed by atoms with Gasteiger partial charge in [-0.25, -0.2) is 0 Å². The van der Waals surface area contributed by atoms with Crippen LogP contribution in [0.4, 0.5) is 0 Å². The molecule has 0 saturated carbocycles. The fourth-order valence-corrected chi connectivity index (χ4v) is 4.54. The summed E-state index contributed by atoms with van der Waals surface area (Å²) in [6.07, 6.45) is 6.79. The molecule has 2 aliphatic rings. The van der Waals surface area contributed by atoms with Crippen molar-refractivity contribution in [1.82, 2.24) is 10.2 Å². The van der Waals surface area contributed by atoms with E-state index in [-0.39, 0.29) is 0 Å². The Balaban J connectivity index is 1.70. The van der Waals surface area contributed by atoms with E-state index in [4.69, 9.17) is 0 Å². The molecule has 0 aromatic heterocycles. The standard InChI is InChI=1S/C19H30N2/c1-4-20-19(11-15-7-5-6-14(2)10-15)16-12-17-8-9-18(13-16)21(17)3/h5-7,10,16-20H,4,8-9,11-13H2,1-3H3. The van der Waals surface area contributed by atoms with Gasteiger partial charge in [0.15, 0.2) is 0 Å². The van der Waals surface area contributed by atoms with Gasteiger partial charge in [0.25, 0.3) is 0 Å². The van der Waals surface area contributed by atoms with Gasteiger partial charge in [0, 0.05) is 18.1 Å². The molecule has 1 aromatic rings. The van der Waals surface area contributed by atoms with Gasteiger partial charge < -0.3 is 10.2 Å². The van der Waals surface area contributed by atoms with Crippen molar-refractivity contribution >= 4 is 0 Å². The van der Waals surface area contributed by atoms with Crippen molar-refractivity contribution in [3.05, 3.63) is 35.4 Å². The van der Waals surface area contributed by atoms with Crippen molar-refractivity contribution in [3.8, 4) is 0 Å². The highest BCUT2D eigenvalue weighted by atomic mass is 15.2. The normalized spacial score (nSPS) is 30.5. The largest absolute Gasteiger partial charge is 0.314 e. The Bertz CT molecular complexity index is 456. The van der Waals surface area contributed by atoms with Crippen LogP contribution in [0.15, 0.2) is 24.3 Å². The summed E-state index contributed by atoms with van der Waals surface area (Å²) in [5, 5.41) is 3.79. The lowest BCUT2D eigenvalue weighted by atomic mass is 9.82. The summed E-state index contributed by atoms with van der Waals surface area (Å²) in [7, 11) is 2.33. The highest BCUT2D eigenvalue weighted by Crippen LogP contribution is 2.39. The van der Waals surface area contributed by atoms with Gasteiger partial charge in [-0.05, 0) is 64.1 Å². The summed E-state index contributed by atoms with van der Waals surface area (Å²) in [6, 6.07) is 11.4. The van der Waals surface area contributed by atoms with Crippen LogP contribution in [0.1, 0.15) is 43.7 Å². The molecule has 0 spiro atoms. The average molecular weight is 286 g/mol. The van der Waals surface area contributed by atoms with Crippen molar-refractivity contribution in [3.63, 3.8) is 0 Å². The van der Waals surface area contributed by atoms with Gasteiger partial charge in [0.05, 0.1) is 0 Å². The van der Waals surface area contributed by atoms with E-state index in [0.29, 0.717) is 6.04 Å². The van der Waals surface area contributed by atoms with Crippen LogP contribution in [0.5, 0.6) is 0 Å². The minimum absolute atomic E-state index is 0.647. The van der Waals surface area contributed by atoms with Crippen LogP contribution in [0.2, 0.25) is 0 Å². The minimum Gasteiger partial charge on any atom is -0.314 e. The van der Waals surface area contributed by atoms with Gasteiger partial charge in [-0.2, -0.15) is 0 Å². The maximum absolute atomic E-state index is 3.79. The Hall–Kier alpha value is -0.860. The van der Waals surface area contributed by atoms with Gasteiger partial charge in [-0.3, -0.25) is 0 Å². The third-order valence-electron chi connectivity index (χ3n) is 5.71. The van der Waals surface area contributed by atoms with E-state index >= 15 is 0 Å². The van der Waals surface area contributed by atoms with Gasteiger partial charge in [0.2, 0.25) is 0 Å². The van der Waals surface area contributed by atoms with Crippen molar-refractivity contribution < 1.29 is 0 Å². The number of aryl methyl sites for hydroxylation is 1. The third kappa shape index (κ3) is 3.32. The SMILES string of the molecule is CCNC(Cc1cccc(C)c1)C1CC2CCC(C1)N2C. The Labute approximate surface area is 129 Å². The molecule has 0 amide bonds. The van der Waals surface area contributed by atoms with Crippen molar-refractivity contribution in [2.75, 3.05) is 13.6 Å². The second kappa shape index (κ2) is 6.50. The van der Waals surface area contributed by atoms with Crippen LogP contribution in [0, 0.1) is 12.8 Å². The fraction of sp³-hybridized carbons (Fsp3) is 0.684. The van der Waals surface area contributed by atoms with E-state index in [1.807, 2.05) is 0 Å². The Kier molecular flexibility index (Phi) is 4.66. The Morgan fingerprint density at radius 2 is 1.95 bits per heavy atom. The van der Waals surface area contributed by atoms with Crippen molar-refractivity contribution in [1.29, 1.82) is 0 Å². The predicted octanol–water partition coefficient (Wildman–Crippen LogP) is 3.39. The lowest BCUT2D eigenvalue weighted by Crippen LogP contribution is -2.47. The summed E-state index contributed by atoms with van der Waals surface area (Å²) >= 11 is 0. The van der Waals surface area contributed by atoms with Gasteiger partial charge in [-0.15, -0.1) is 0 Å². The van der Waals surface area contributed by atoms with Crippen LogP contribution >= 0.6 is 0 Å². The van der Waals surface area contributed by atoms with Gasteiger partial charge in [0.1, 0.15) is 0 Å². The molecule has 1 aromatic carbocycles. The molecule has 3 unspecified atom stereocenters. The van der Waals surface area contributed by atoms with E-state index in [1.165, 1.54) is 43.2 Å². The number of likely N-dealkylation sites (N-methyl/N-ethyl adjacent to an activating group) is 1. The number of hydrogen-bond donors (Lipinski definition) is 1. The molecule has 116 valence electrons. The predicted molar refractivity (Wildman–Crippen MR) is 89.6 cm³/mol. The zero-order valence-corrected chi connectivity index (χ0v) is 13.8. The quantitative estimate of drug-likeness (QED) is 0.892. The molecule has 3 rings (SSSR count). The summed E-state index contributed by atoms with van der Waals surface area (Å²) in [6.45, 7) is 5.52. The molecule has 3 atom stereocenters. The maximum Gasteiger partial charge on any atom is 0.0137 e. The second-order valence-electron chi connectivity index (χ2n) is 7.14. The maximum atomic E-state index is 3.79. The van der Waals surface area contributed by atoms with Crippen LogP contribution in [-0.4, -0.2) is 36.6 Å². The molecule has 2 heterocycles. The zero-order chi connectivity index (χ0) is 14.8. The van der Waals surface area contributed by atoms with Gasteiger partial charge >= 0.3 is 0 Å². The molecule has 2 heteroatoms. The lowest BCUT2D eigenvalue weighted by molar-refractivity contribution is 0.112. The molecule has 2 fully saturated rings. The zero-order valence-electron chi connectivity index (χ0n) is 13.8. The van der Waals surface area contributed by atoms with E-state index in [1.54, 1.807) is 0 Å². The summed E-state index contributed by atoms with van der Waals surface area (Å²) in [5.74, 6) is 0.846. The van der Waals surface area contributed by atoms with Gasteiger partial charge in [-0.1, -0.05) is 36.8 Å². The van der Waals surface area contributed by atoms with E-state index in [2.05, 4.69) is 55.4 Å². The number of nitrogens with one attached hydrogen (secondary N) is 1. The highest BCUT2D eigenvalue weighted by Gasteiger charge is 2.40. The monoisotopic (exact) mass is 286 g/mol. The molecule has 2 nitrogen and oxygen atoms in total. The Morgan fingerprint density at radius 3 is 2.57 bits per heavy atom. The molecule has 2 bridgehead atoms. The minimum atomic E-state index is 0.647. The summed E-state index contributed by atoms with van der Waals surface area (Å²) < 4.78 is 0. The van der Waals surface area contributed by atoms with Crippen molar-refractivity contribution in [2.24, 2.45) is 5.92 Å². The molecular formula is C19H30N2. The number of fused-ring (bicyclic) bond motifs is 2. The topological polar surface area (TPSA) is 15.3 Å². The Morgan fingerprint density at radius 1 is 1.24 bits per heavy atom. The molecule has 0 radical (unpaired) electrons. The number of rotatable bonds is 5. The first kappa shape index (κ1) is 15.1. The van der Waals surface area contributed by atoms with Crippen LogP contribution in [0.25, 0.3) is 0 Å². The fourth-order valence-electron chi connectivity index (χ4n) is 4.54. The van der Waals surface area contributed by atoms with Crippen LogP contribution in [0.3, 0.4) is 0 Å². The highest BCUT2D eigenvalue weighted by molar-refractivity contribution is 5.23. The van der Waals surface area contributed by atoms with Crippen molar-refractivity contribution in [2.45, 2.75) is 64.1 Å². The lowest BCUT2D eigenvalue weighted by Gasteiger charge is -2.40. The number of benzene rings is 1.